The van der Waals surface area contributed by atoms with E-state index in [-0.39, 0.29) is 22.4 Å². The maximum Gasteiger partial charge on any atom is 0.228 e. The Kier molecular flexibility index (Phi) is 3.96. The Hall–Kier alpha value is -1.14. The first-order chi connectivity index (χ1) is 8.13. The van der Waals surface area contributed by atoms with E-state index in [1.54, 1.807) is 0 Å². The highest BCUT2D eigenvalue weighted by Crippen LogP contribution is 2.18. The van der Waals surface area contributed by atoms with Gasteiger partial charge in [-0.05, 0) is 36.0 Å². The van der Waals surface area contributed by atoms with Gasteiger partial charge in [-0.2, -0.15) is 15.0 Å². The van der Waals surface area contributed by atoms with Crippen LogP contribution in [0.5, 0.6) is 0 Å². The second-order valence-corrected chi connectivity index (χ2v) is 4.39. The van der Waals surface area contributed by atoms with Gasteiger partial charge in [-0.25, -0.2) is 0 Å². The molecule has 1 heterocycles. The summed E-state index contributed by atoms with van der Waals surface area (Å²) in [5.41, 5.74) is 0. The predicted octanol–water partition coefficient (Wildman–Crippen LogP) is 1.26. The fourth-order valence-electron chi connectivity index (χ4n) is 1.22. The van der Waals surface area contributed by atoms with Crippen molar-refractivity contribution in [2.75, 3.05) is 11.9 Å². The molecule has 1 aliphatic rings. The molecule has 1 aliphatic carbocycles. The van der Waals surface area contributed by atoms with Crippen LogP contribution >= 0.6 is 23.2 Å². The van der Waals surface area contributed by atoms with Gasteiger partial charge >= 0.3 is 0 Å². The molecule has 1 saturated carbocycles. The standard InChI is InChI=1S/C9H11Cl2N5O/c10-7-14-8(11)16-9(15-7)12-4-3-6(17)13-5-1-2-5/h5H,1-4H2,(H,13,17)(H,12,14,15,16). The number of nitrogens with one attached hydrogen (secondary N) is 2. The van der Waals surface area contributed by atoms with E-state index in [0.29, 0.717) is 19.0 Å². The maximum absolute atomic E-state index is 11.4. The van der Waals surface area contributed by atoms with E-state index >= 15 is 0 Å². The van der Waals surface area contributed by atoms with Crippen LogP contribution in [-0.4, -0.2) is 33.4 Å². The lowest BCUT2D eigenvalue weighted by Gasteiger charge is -2.05. The largest absolute Gasteiger partial charge is 0.354 e. The van der Waals surface area contributed by atoms with Gasteiger partial charge in [0.1, 0.15) is 0 Å². The third-order valence-corrected chi connectivity index (χ3v) is 2.50. The number of hydrogen-bond acceptors (Lipinski definition) is 5. The molecule has 8 heteroatoms. The normalized spacial score (nSPS) is 14.5. The molecule has 0 atom stereocenters. The molecule has 0 unspecified atom stereocenters. The second kappa shape index (κ2) is 5.46. The summed E-state index contributed by atoms with van der Waals surface area (Å²) in [5, 5.41) is 5.78. The van der Waals surface area contributed by atoms with Crippen LogP contribution < -0.4 is 10.6 Å². The first-order valence-corrected chi connectivity index (χ1v) is 5.99. The van der Waals surface area contributed by atoms with Crippen LogP contribution in [0, 0.1) is 0 Å². The number of hydrogen-bond donors (Lipinski definition) is 2. The van der Waals surface area contributed by atoms with Crippen LogP contribution in [0.2, 0.25) is 10.6 Å². The van der Waals surface area contributed by atoms with Crippen molar-refractivity contribution in [3.05, 3.63) is 10.6 Å². The van der Waals surface area contributed by atoms with Gasteiger partial charge in [-0.15, -0.1) is 0 Å². The number of nitrogens with zero attached hydrogens (tertiary/aromatic N) is 3. The lowest BCUT2D eigenvalue weighted by molar-refractivity contribution is -0.120. The molecular weight excluding hydrogens is 265 g/mol. The third-order valence-electron chi connectivity index (χ3n) is 2.16. The minimum absolute atomic E-state index is 0.0197. The molecular formula is C9H11Cl2N5O. The molecule has 0 saturated heterocycles. The molecule has 1 aromatic rings. The summed E-state index contributed by atoms with van der Waals surface area (Å²) < 4.78 is 0. The molecule has 0 aromatic carbocycles. The molecule has 1 amide bonds. The van der Waals surface area contributed by atoms with E-state index in [1.165, 1.54) is 0 Å². The number of rotatable bonds is 5. The zero-order valence-electron chi connectivity index (χ0n) is 8.91. The summed E-state index contributed by atoms with van der Waals surface area (Å²) in [6, 6.07) is 0.378. The molecule has 2 N–H and O–H groups in total. The molecule has 1 fully saturated rings. The van der Waals surface area contributed by atoms with Crippen molar-refractivity contribution in [1.29, 1.82) is 0 Å². The van der Waals surface area contributed by atoms with Crippen LogP contribution in [0.4, 0.5) is 5.95 Å². The lowest BCUT2D eigenvalue weighted by Crippen LogP contribution is -2.27. The first-order valence-electron chi connectivity index (χ1n) is 5.24. The summed E-state index contributed by atoms with van der Waals surface area (Å²) in [6.45, 7) is 0.426. The monoisotopic (exact) mass is 275 g/mol. The number of aromatic nitrogens is 3. The van der Waals surface area contributed by atoms with Gasteiger partial charge in [-0.1, -0.05) is 0 Å². The second-order valence-electron chi connectivity index (χ2n) is 3.72. The van der Waals surface area contributed by atoms with Gasteiger partial charge in [0.2, 0.25) is 22.4 Å². The van der Waals surface area contributed by atoms with E-state index in [4.69, 9.17) is 23.2 Å². The van der Waals surface area contributed by atoms with Gasteiger partial charge in [0.05, 0.1) is 0 Å². The van der Waals surface area contributed by atoms with Crippen molar-refractivity contribution in [3.63, 3.8) is 0 Å². The van der Waals surface area contributed by atoms with Crippen molar-refractivity contribution >= 4 is 35.1 Å². The van der Waals surface area contributed by atoms with Crippen molar-refractivity contribution in [2.24, 2.45) is 0 Å². The van der Waals surface area contributed by atoms with Crippen LogP contribution in [0.25, 0.3) is 0 Å². The zero-order chi connectivity index (χ0) is 12.3. The molecule has 1 aromatic heterocycles. The van der Waals surface area contributed by atoms with Crippen molar-refractivity contribution in [2.45, 2.75) is 25.3 Å². The molecule has 92 valence electrons. The maximum atomic E-state index is 11.4. The number of halogens is 2. The number of carbonyl (C=O) groups is 1. The molecule has 0 aliphatic heterocycles. The Bertz CT molecular complexity index is 404. The van der Waals surface area contributed by atoms with E-state index in [0.717, 1.165) is 12.8 Å². The predicted molar refractivity (Wildman–Crippen MR) is 64.1 cm³/mol. The summed E-state index contributed by atoms with van der Waals surface area (Å²) in [7, 11) is 0. The molecule has 0 bridgehead atoms. The van der Waals surface area contributed by atoms with Crippen LogP contribution in [-0.2, 0) is 4.79 Å². The zero-order valence-corrected chi connectivity index (χ0v) is 10.4. The molecule has 6 nitrogen and oxygen atoms in total. The highest BCUT2D eigenvalue weighted by atomic mass is 35.5. The molecule has 2 rings (SSSR count). The fourth-order valence-corrected chi connectivity index (χ4v) is 1.58. The van der Waals surface area contributed by atoms with Gasteiger partial charge in [-0.3, -0.25) is 4.79 Å². The van der Waals surface area contributed by atoms with E-state index in [2.05, 4.69) is 25.6 Å². The Balaban J connectivity index is 1.74. The molecule has 0 spiro atoms. The number of amides is 1. The van der Waals surface area contributed by atoms with Crippen molar-refractivity contribution < 1.29 is 4.79 Å². The Morgan fingerprint density at radius 2 is 1.88 bits per heavy atom. The van der Waals surface area contributed by atoms with Crippen molar-refractivity contribution in [1.82, 2.24) is 20.3 Å². The summed E-state index contributed by atoms with van der Waals surface area (Å²) in [4.78, 5) is 22.6. The average Bonchev–Trinajstić information content (AvgIpc) is 3.00. The van der Waals surface area contributed by atoms with E-state index in [1.807, 2.05) is 0 Å². The number of carbonyl (C=O) groups excluding carboxylic acids is 1. The molecule has 0 radical (unpaired) electrons. The quantitative estimate of drug-likeness (QED) is 0.846. The third kappa shape index (κ3) is 4.32. The average molecular weight is 276 g/mol. The fraction of sp³-hybridized carbons (Fsp3) is 0.556. The highest BCUT2D eigenvalue weighted by molar-refractivity contribution is 6.31. The SMILES string of the molecule is O=C(CCNc1nc(Cl)nc(Cl)n1)NC1CC1. The summed E-state index contributed by atoms with van der Waals surface area (Å²) in [5.74, 6) is 0.292. The number of anilines is 1. The highest BCUT2D eigenvalue weighted by Gasteiger charge is 2.22. The van der Waals surface area contributed by atoms with Crippen LogP contribution in [0.3, 0.4) is 0 Å². The van der Waals surface area contributed by atoms with Gasteiger partial charge < -0.3 is 10.6 Å². The van der Waals surface area contributed by atoms with Crippen LogP contribution in [0.15, 0.2) is 0 Å². The lowest BCUT2D eigenvalue weighted by atomic mass is 10.4. The Morgan fingerprint density at radius 1 is 1.24 bits per heavy atom. The minimum atomic E-state index is 0.0197. The minimum Gasteiger partial charge on any atom is -0.354 e. The van der Waals surface area contributed by atoms with Gasteiger partial charge in [0, 0.05) is 19.0 Å². The Labute approximate surface area is 108 Å². The summed E-state index contributed by atoms with van der Waals surface area (Å²) in [6.07, 6.45) is 2.52. The van der Waals surface area contributed by atoms with E-state index < -0.39 is 0 Å². The van der Waals surface area contributed by atoms with Crippen LogP contribution in [0.1, 0.15) is 19.3 Å². The summed E-state index contributed by atoms with van der Waals surface area (Å²) >= 11 is 11.2. The van der Waals surface area contributed by atoms with Gasteiger partial charge in [0.15, 0.2) is 0 Å². The molecule has 17 heavy (non-hydrogen) atoms. The van der Waals surface area contributed by atoms with Crippen molar-refractivity contribution in [3.8, 4) is 0 Å². The van der Waals surface area contributed by atoms with E-state index in [9.17, 15) is 4.79 Å². The first kappa shape index (κ1) is 12.3. The van der Waals surface area contributed by atoms with Gasteiger partial charge in [0.25, 0.3) is 0 Å². The Morgan fingerprint density at radius 3 is 2.47 bits per heavy atom. The topological polar surface area (TPSA) is 79.8 Å². The smallest absolute Gasteiger partial charge is 0.228 e.